The standard InChI is InChI=1S/C15H18ClN3O/c1-11-8-17-5-6-19(11)10-15-18-9-14(20-15)12-3-2-4-13(16)7-12/h2-4,7,9,11,17H,5-6,8,10H2,1H3/t11-/m1/s1. The summed E-state index contributed by atoms with van der Waals surface area (Å²) in [4.78, 5) is 6.76. The molecule has 1 aromatic carbocycles. The molecule has 0 amide bonds. The number of halogens is 1. The molecule has 0 unspecified atom stereocenters. The summed E-state index contributed by atoms with van der Waals surface area (Å²) in [6, 6.07) is 8.14. The molecule has 0 bridgehead atoms. The Bertz CT molecular complexity index is 584. The number of oxazole rings is 1. The van der Waals surface area contributed by atoms with E-state index >= 15 is 0 Å². The zero-order chi connectivity index (χ0) is 13.9. The molecular formula is C15H18ClN3O. The summed E-state index contributed by atoms with van der Waals surface area (Å²) in [6.07, 6.45) is 1.77. The van der Waals surface area contributed by atoms with Crippen LogP contribution in [0, 0.1) is 0 Å². The van der Waals surface area contributed by atoms with Crippen LogP contribution in [-0.4, -0.2) is 35.6 Å². The Hall–Kier alpha value is -1.36. The molecule has 0 saturated carbocycles. The van der Waals surface area contributed by atoms with Gasteiger partial charge in [-0.25, -0.2) is 4.98 Å². The summed E-state index contributed by atoms with van der Waals surface area (Å²) in [7, 11) is 0. The maximum absolute atomic E-state index is 6.00. The molecule has 20 heavy (non-hydrogen) atoms. The van der Waals surface area contributed by atoms with Crippen molar-refractivity contribution in [2.75, 3.05) is 19.6 Å². The zero-order valence-electron chi connectivity index (χ0n) is 11.5. The van der Waals surface area contributed by atoms with Gasteiger partial charge in [0, 0.05) is 36.3 Å². The second-order valence-electron chi connectivity index (χ2n) is 5.15. The molecule has 4 nitrogen and oxygen atoms in total. The first-order chi connectivity index (χ1) is 9.72. The molecular weight excluding hydrogens is 274 g/mol. The highest BCUT2D eigenvalue weighted by molar-refractivity contribution is 6.30. The number of benzene rings is 1. The van der Waals surface area contributed by atoms with Crippen molar-refractivity contribution in [3.8, 4) is 11.3 Å². The normalized spacial score (nSPS) is 20.2. The van der Waals surface area contributed by atoms with Crippen molar-refractivity contribution in [1.82, 2.24) is 15.2 Å². The molecule has 1 saturated heterocycles. The number of aromatic nitrogens is 1. The fourth-order valence-electron chi connectivity index (χ4n) is 2.45. The summed E-state index contributed by atoms with van der Waals surface area (Å²) < 4.78 is 5.84. The van der Waals surface area contributed by atoms with Crippen LogP contribution in [0.3, 0.4) is 0 Å². The molecule has 5 heteroatoms. The highest BCUT2D eigenvalue weighted by Crippen LogP contribution is 2.24. The minimum atomic E-state index is 0.505. The lowest BCUT2D eigenvalue weighted by atomic mass is 10.2. The Kier molecular flexibility index (Phi) is 4.05. The Balaban J connectivity index is 1.73. The monoisotopic (exact) mass is 291 g/mol. The van der Waals surface area contributed by atoms with E-state index < -0.39 is 0 Å². The zero-order valence-corrected chi connectivity index (χ0v) is 12.2. The van der Waals surface area contributed by atoms with Gasteiger partial charge in [-0.1, -0.05) is 23.7 Å². The van der Waals surface area contributed by atoms with Crippen LogP contribution in [0.4, 0.5) is 0 Å². The summed E-state index contributed by atoms with van der Waals surface area (Å²) in [6.45, 7) is 6.03. The third-order valence-corrected chi connectivity index (χ3v) is 3.88. The fourth-order valence-corrected chi connectivity index (χ4v) is 2.64. The molecule has 0 spiro atoms. The van der Waals surface area contributed by atoms with Crippen LogP contribution in [0.25, 0.3) is 11.3 Å². The minimum Gasteiger partial charge on any atom is -0.439 e. The van der Waals surface area contributed by atoms with Gasteiger partial charge in [0.1, 0.15) is 0 Å². The third-order valence-electron chi connectivity index (χ3n) is 3.64. The lowest BCUT2D eigenvalue weighted by molar-refractivity contribution is 0.151. The molecule has 1 N–H and O–H groups in total. The number of piperazine rings is 1. The molecule has 1 aliphatic rings. The second kappa shape index (κ2) is 5.95. The average molecular weight is 292 g/mol. The maximum Gasteiger partial charge on any atom is 0.209 e. The number of hydrogen-bond acceptors (Lipinski definition) is 4. The summed E-state index contributed by atoms with van der Waals surface area (Å²) in [5, 5.41) is 4.08. The van der Waals surface area contributed by atoms with Crippen LogP contribution in [0.15, 0.2) is 34.9 Å². The van der Waals surface area contributed by atoms with Gasteiger partial charge in [-0.3, -0.25) is 4.90 Å². The van der Waals surface area contributed by atoms with Gasteiger partial charge in [-0.15, -0.1) is 0 Å². The Morgan fingerprint density at radius 1 is 1.50 bits per heavy atom. The summed E-state index contributed by atoms with van der Waals surface area (Å²) >= 11 is 6.00. The molecule has 1 fully saturated rings. The molecule has 3 rings (SSSR count). The van der Waals surface area contributed by atoms with Crippen molar-refractivity contribution in [1.29, 1.82) is 0 Å². The van der Waals surface area contributed by atoms with Gasteiger partial charge < -0.3 is 9.73 Å². The van der Waals surface area contributed by atoms with E-state index in [0.717, 1.165) is 43.4 Å². The number of nitrogens with zero attached hydrogens (tertiary/aromatic N) is 2. The van der Waals surface area contributed by atoms with Crippen molar-refractivity contribution in [2.45, 2.75) is 19.5 Å². The van der Waals surface area contributed by atoms with E-state index in [-0.39, 0.29) is 0 Å². The summed E-state index contributed by atoms with van der Waals surface area (Å²) in [5.74, 6) is 1.53. The third kappa shape index (κ3) is 3.03. The van der Waals surface area contributed by atoms with E-state index in [0.29, 0.717) is 11.1 Å². The molecule has 1 atom stereocenters. The maximum atomic E-state index is 6.00. The lowest BCUT2D eigenvalue weighted by Crippen LogP contribution is -2.49. The van der Waals surface area contributed by atoms with Gasteiger partial charge in [0.05, 0.1) is 12.7 Å². The van der Waals surface area contributed by atoms with E-state index in [1.54, 1.807) is 6.20 Å². The van der Waals surface area contributed by atoms with Gasteiger partial charge in [0.15, 0.2) is 5.76 Å². The number of nitrogens with one attached hydrogen (secondary N) is 1. The van der Waals surface area contributed by atoms with Gasteiger partial charge in [-0.05, 0) is 19.1 Å². The molecule has 0 radical (unpaired) electrons. The smallest absolute Gasteiger partial charge is 0.209 e. The van der Waals surface area contributed by atoms with Crippen molar-refractivity contribution in [3.63, 3.8) is 0 Å². The molecule has 2 heterocycles. The van der Waals surface area contributed by atoms with E-state index in [9.17, 15) is 0 Å². The van der Waals surface area contributed by atoms with E-state index in [4.69, 9.17) is 16.0 Å². The largest absolute Gasteiger partial charge is 0.439 e. The molecule has 1 aromatic heterocycles. The second-order valence-corrected chi connectivity index (χ2v) is 5.59. The van der Waals surface area contributed by atoms with Crippen LogP contribution in [-0.2, 0) is 6.54 Å². The van der Waals surface area contributed by atoms with Crippen LogP contribution in [0.1, 0.15) is 12.8 Å². The van der Waals surface area contributed by atoms with Crippen molar-refractivity contribution in [3.05, 3.63) is 41.4 Å². The fraction of sp³-hybridized carbons (Fsp3) is 0.400. The van der Waals surface area contributed by atoms with Crippen LogP contribution >= 0.6 is 11.6 Å². The van der Waals surface area contributed by atoms with Crippen LogP contribution in [0.2, 0.25) is 5.02 Å². The number of rotatable bonds is 3. The Labute approximate surface area is 123 Å². The highest BCUT2D eigenvalue weighted by atomic mass is 35.5. The first kappa shape index (κ1) is 13.6. The molecule has 106 valence electrons. The van der Waals surface area contributed by atoms with Gasteiger partial charge >= 0.3 is 0 Å². The van der Waals surface area contributed by atoms with Crippen molar-refractivity contribution < 1.29 is 4.42 Å². The van der Waals surface area contributed by atoms with Gasteiger partial charge in [-0.2, -0.15) is 0 Å². The van der Waals surface area contributed by atoms with E-state index in [1.807, 2.05) is 24.3 Å². The van der Waals surface area contributed by atoms with Crippen LogP contribution in [0.5, 0.6) is 0 Å². The minimum absolute atomic E-state index is 0.505. The Morgan fingerprint density at radius 2 is 2.40 bits per heavy atom. The molecule has 1 aliphatic heterocycles. The van der Waals surface area contributed by atoms with E-state index in [2.05, 4.69) is 22.1 Å². The molecule has 2 aromatic rings. The van der Waals surface area contributed by atoms with Crippen LogP contribution < -0.4 is 5.32 Å². The lowest BCUT2D eigenvalue weighted by Gasteiger charge is -2.32. The predicted octanol–water partition coefficient (Wildman–Crippen LogP) is 2.79. The topological polar surface area (TPSA) is 41.3 Å². The van der Waals surface area contributed by atoms with Crippen molar-refractivity contribution in [2.24, 2.45) is 0 Å². The average Bonchev–Trinajstić information content (AvgIpc) is 2.90. The van der Waals surface area contributed by atoms with Gasteiger partial charge in [0.25, 0.3) is 0 Å². The van der Waals surface area contributed by atoms with Gasteiger partial charge in [0.2, 0.25) is 5.89 Å². The predicted molar refractivity (Wildman–Crippen MR) is 79.7 cm³/mol. The first-order valence-electron chi connectivity index (χ1n) is 6.88. The SMILES string of the molecule is C[C@@H]1CNCCN1Cc1ncc(-c2cccc(Cl)c2)o1. The van der Waals surface area contributed by atoms with Crippen molar-refractivity contribution >= 4 is 11.6 Å². The highest BCUT2D eigenvalue weighted by Gasteiger charge is 2.20. The quantitative estimate of drug-likeness (QED) is 0.944. The molecule has 0 aliphatic carbocycles. The summed E-state index contributed by atoms with van der Waals surface area (Å²) in [5.41, 5.74) is 0.963. The number of hydrogen-bond donors (Lipinski definition) is 1. The first-order valence-corrected chi connectivity index (χ1v) is 7.25. The van der Waals surface area contributed by atoms with E-state index in [1.165, 1.54) is 0 Å². The Morgan fingerprint density at radius 3 is 3.20 bits per heavy atom.